The minimum atomic E-state index is -0.314. The summed E-state index contributed by atoms with van der Waals surface area (Å²) >= 11 is 0. The molecule has 1 aromatic carbocycles. The van der Waals surface area contributed by atoms with Crippen LogP contribution >= 0.6 is 0 Å². The first-order valence-corrected chi connectivity index (χ1v) is 11.4. The van der Waals surface area contributed by atoms with Gasteiger partial charge in [-0.05, 0) is 84.9 Å². The van der Waals surface area contributed by atoms with E-state index >= 15 is 0 Å². The molecule has 1 aliphatic heterocycles. The Morgan fingerprint density at radius 1 is 1.00 bits per heavy atom. The van der Waals surface area contributed by atoms with Crippen LogP contribution in [0.4, 0.5) is 0 Å². The monoisotopic (exact) mass is 440 g/mol. The topological polar surface area (TPSA) is 60.2 Å². The number of likely N-dealkylation sites (tertiary alicyclic amines) is 1. The quantitative estimate of drug-likeness (QED) is 0.409. The molecule has 1 fully saturated rings. The lowest BCUT2D eigenvalue weighted by atomic mass is 9.90. The first kappa shape index (κ1) is 21.3. The van der Waals surface area contributed by atoms with Crippen LogP contribution in [0.5, 0.6) is 0 Å². The van der Waals surface area contributed by atoms with E-state index in [1.54, 1.807) is 12.1 Å². The van der Waals surface area contributed by atoms with E-state index in [4.69, 9.17) is 9.72 Å². The lowest BCUT2D eigenvalue weighted by molar-refractivity contribution is 0.0600. The van der Waals surface area contributed by atoms with Gasteiger partial charge in [-0.3, -0.25) is 9.88 Å². The zero-order chi connectivity index (χ0) is 22.6. The number of fused-ring (bicyclic) bond motifs is 1. The third kappa shape index (κ3) is 4.81. The van der Waals surface area contributed by atoms with Gasteiger partial charge in [0, 0.05) is 43.3 Å². The fraction of sp³-hybridized carbons (Fsp3) is 0.296. The minimum absolute atomic E-state index is 0.314. The SMILES string of the molecule is COC(=O)c1ccc(Cn2ccc3cc(C4CCN(Cc5ccncc5)CC4)cnc32)cc1. The van der Waals surface area contributed by atoms with Crippen LogP contribution in [0.25, 0.3) is 11.0 Å². The third-order valence-corrected chi connectivity index (χ3v) is 6.56. The number of carbonyl (C=O) groups is 1. The Labute approximate surface area is 193 Å². The van der Waals surface area contributed by atoms with Gasteiger partial charge in [-0.1, -0.05) is 12.1 Å². The predicted octanol–water partition coefficient (Wildman–Crippen LogP) is 4.65. The highest BCUT2D eigenvalue weighted by atomic mass is 16.5. The fourth-order valence-electron chi connectivity index (χ4n) is 4.68. The number of aromatic nitrogens is 3. The molecule has 5 rings (SSSR count). The molecule has 168 valence electrons. The molecule has 0 saturated carbocycles. The molecule has 1 saturated heterocycles. The van der Waals surface area contributed by atoms with Gasteiger partial charge in [0.2, 0.25) is 0 Å². The number of benzene rings is 1. The molecular formula is C27H28N4O2. The van der Waals surface area contributed by atoms with E-state index in [0.717, 1.165) is 43.7 Å². The number of carbonyl (C=O) groups excluding carboxylic acids is 1. The predicted molar refractivity (Wildman–Crippen MR) is 128 cm³/mol. The number of pyridine rings is 2. The van der Waals surface area contributed by atoms with Crippen molar-refractivity contribution >= 4 is 17.0 Å². The molecule has 0 aliphatic carbocycles. The van der Waals surface area contributed by atoms with Crippen molar-refractivity contribution in [3.05, 3.63) is 95.6 Å². The average molecular weight is 441 g/mol. The van der Waals surface area contributed by atoms with E-state index in [-0.39, 0.29) is 5.97 Å². The summed E-state index contributed by atoms with van der Waals surface area (Å²) in [4.78, 5) is 23.1. The molecular weight excluding hydrogens is 412 g/mol. The first-order valence-electron chi connectivity index (χ1n) is 11.4. The van der Waals surface area contributed by atoms with Gasteiger partial charge in [0.1, 0.15) is 5.65 Å². The number of piperidine rings is 1. The Morgan fingerprint density at radius 2 is 1.73 bits per heavy atom. The summed E-state index contributed by atoms with van der Waals surface area (Å²) in [5, 5.41) is 1.18. The van der Waals surface area contributed by atoms with Gasteiger partial charge in [0.05, 0.1) is 12.7 Å². The zero-order valence-electron chi connectivity index (χ0n) is 18.9. The molecule has 0 bridgehead atoms. The van der Waals surface area contributed by atoms with Gasteiger partial charge in [0.15, 0.2) is 0 Å². The number of esters is 1. The van der Waals surface area contributed by atoms with Crippen molar-refractivity contribution in [2.24, 2.45) is 0 Å². The summed E-state index contributed by atoms with van der Waals surface area (Å²) in [7, 11) is 1.40. The van der Waals surface area contributed by atoms with Crippen LogP contribution in [-0.4, -0.2) is 45.6 Å². The summed E-state index contributed by atoms with van der Waals surface area (Å²) in [6.45, 7) is 3.92. The van der Waals surface area contributed by atoms with Crippen molar-refractivity contribution in [3.8, 4) is 0 Å². The summed E-state index contributed by atoms with van der Waals surface area (Å²) in [5.74, 6) is 0.246. The largest absolute Gasteiger partial charge is 0.465 e. The van der Waals surface area contributed by atoms with Crippen LogP contribution in [0.3, 0.4) is 0 Å². The maximum atomic E-state index is 11.6. The fourth-order valence-corrected chi connectivity index (χ4v) is 4.68. The molecule has 0 atom stereocenters. The van der Waals surface area contributed by atoms with Gasteiger partial charge in [0.25, 0.3) is 0 Å². The van der Waals surface area contributed by atoms with Crippen molar-refractivity contribution < 1.29 is 9.53 Å². The second-order valence-electron chi connectivity index (χ2n) is 8.72. The van der Waals surface area contributed by atoms with Crippen LogP contribution in [0.2, 0.25) is 0 Å². The van der Waals surface area contributed by atoms with Crippen LogP contribution in [0.1, 0.15) is 45.8 Å². The molecule has 0 unspecified atom stereocenters. The number of hydrogen-bond acceptors (Lipinski definition) is 5. The highest BCUT2D eigenvalue weighted by molar-refractivity contribution is 5.89. The zero-order valence-corrected chi connectivity index (χ0v) is 18.9. The van der Waals surface area contributed by atoms with E-state index in [0.29, 0.717) is 18.0 Å². The Hall–Kier alpha value is -3.51. The first-order chi connectivity index (χ1) is 16.2. The number of methoxy groups -OCH3 is 1. The minimum Gasteiger partial charge on any atom is -0.465 e. The molecule has 4 heterocycles. The van der Waals surface area contributed by atoms with Gasteiger partial charge < -0.3 is 9.30 Å². The number of nitrogens with zero attached hydrogens (tertiary/aromatic N) is 4. The van der Waals surface area contributed by atoms with E-state index in [1.807, 2.05) is 24.5 Å². The Kier molecular flexibility index (Phi) is 6.17. The van der Waals surface area contributed by atoms with E-state index in [1.165, 1.54) is 23.6 Å². The summed E-state index contributed by atoms with van der Waals surface area (Å²) in [6.07, 6.45) is 10.2. The van der Waals surface area contributed by atoms with Crippen LogP contribution < -0.4 is 0 Å². The highest BCUT2D eigenvalue weighted by Gasteiger charge is 2.21. The molecule has 4 aromatic rings. The second kappa shape index (κ2) is 9.55. The highest BCUT2D eigenvalue weighted by Crippen LogP contribution is 2.30. The summed E-state index contributed by atoms with van der Waals surface area (Å²) in [5.41, 5.74) is 5.34. The van der Waals surface area contributed by atoms with E-state index in [2.05, 4.69) is 51.1 Å². The third-order valence-electron chi connectivity index (χ3n) is 6.56. The van der Waals surface area contributed by atoms with Crippen LogP contribution in [-0.2, 0) is 17.8 Å². The lowest BCUT2D eigenvalue weighted by Crippen LogP contribution is -2.32. The van der Waals surface area contributed by atoms with Crippen molar-refractivity contribution in [1.82, 2.24) is 19.4 Å². The maximum Gasteiger partial charge on any atom is 0.337 e. The molecule has 6 nitrogen and oxygen atoms in total. The van der Waals surface area contributed by atoms with Gasteiger partial charge >= 0.3 is 5.97 Å². The molecule has 0 amide bonds. The van der Waals surface area contributed by atoms with Gasteiger partial charge in [-0.25, -0.2) is 9.78 Å². The van der Waals surface area contributed by atoms with E-state index < -0.39 is 0 Å². The normalized spacial score (nSPS) is 15.1. The summed E-state index contributed by atoms with van der Waals surface area (Å²) in [6, 6.07) is 16.2. The molecule has 33 heavy (non-hydrogen) atoms. The van der Waals surface area contributed by atoms with Gasteiger partial charge in [-0.2, -0.15) is 0 Å². The average Bonchev–Trinajstić information content (AvgIpc) is 3.27. The number of rotatable bonds is 6. The van der Waals surface area contributed by atoms with Crippen molar-refractivity contribution in [2.75, 3.05) is 20.2 Å². The Morgan fingerprint density at radius 3 is 2.45 bits per heavy atom. The maximum absolute atomic E-state index is 11.6. The Balaban J connectivity index is 1.23. The van der Waals surface area contributed by atoms with Crippen molar-refractivity contribution in [2.45, 2.75) is 31.8 Å². The molecule has 3 aromatic heterocycles. The molecule has 6 heteroatoms. The lowest BCUT2D eigenvalue weighted by Gasteiger charge is -2.32. The number of hydrogen-bond donors (Lipinski definition) is 0. The van der Waals surface area contributed by atoms with Gasteiger partial charge in [-0.15, -0.1) is 0 Å². The smallest absolute Gasteiger partial charge is 0.337 e. The second-order valence-corrected chi connectivity index (χ2v) is 8.72. The Bertz CT molecular complexity index is 1230. The molecule has 0 radical (unpaired) electrons. The van der Waals surface area contributed by atoms with E-state index in [9.17, 15) is 4.79 Å². The summed E-state index contributed by atoms with van der Waals surface area (Å²) < 4.78 is 6.93. The van der Waals surface area contributed by atoms with Crippen molar-refractivity contribution in [1.29, 1.82) is 0 Å². The standard InChI is InChI=1S/C27H28N4O2/c1-33-27(32)23-4-2-20(3-5-23)19-31-15-10-24-16-25(17-29-26(24)31)22-8-13-30(14-9-22)18-21-6-11-28-12-7-21/h2-7,10-12,15-17,22H,8-9,13-14,18-19H2,1H3. The van der Waals surface area contributed by atoms with Crippen LogP contribution in [0.15, 0.2) is 73.3 Å². The molecule has 0 N–H and O–H groups in total. The van der Waals surface area contributed by atoms with Crippen LogP contribution in [0, 0.1) is 0 Å². The molecule has 1 aliphatic rings. The van der Waals surface area contributed by atoms with Crippen molar-refractivity contribution in [3.63, 3.8) is 0 Å². The number of ether oxygens (including phenoxy) is 1. The molecule has 0 spiro atoms.